The molecule has 4 heteroatoms. The molecular weight excluding hydrogens is 354 g/mol. The average molecular weight is 372 g/mol. The molecule has 0 atom stereocenters. The number of pyridine rings is 1. The van der Waals surface area contributed by atoms with Crippen molar-refractivity contribution in [1.29, 1.82) is 0 Å². The van der Waals surface area contributed by atoms with E-state index in [1.165, 1.54) is 0 Å². The number of Topliss-reactive ketones (excluding diaryl/α,β-unsaturated/α-hetero) is 1. The van der Waals surface area contributed by atoms with E-state index >= 15 is 0 Å². The zero-order valence-corrected chi connectivity index (χ0v) is 14.7. The van der Waals surface area contributed by atoms with Gasteiger partial charge in [-0.15, -0.1) is 0 Å². The number of halogens is 1. The number of ether oxygens (including phenoxy) is 1. The van der Waals surface area contributed by atoms with Crippen molar-refractivity contribution in [3.05, 3.63) is 72.1 Å². The van der Waals surface area contributed by atoms with Gasteiger partial charge in [0.1, 0.15) is 5.75 Å². The minimum Gasteiger partial charge on any atom is -1.00 e. The van der Waals surface area contributed by atoms with Gasteiger partial charge in [-0.05, 0) is 23.6 Å². The molecule has 0 N–H and O–H groups in total. The van der Waals surface area contributed by atoms with Crippen molar-refractivity contribution < 1.29 is 31.1 Å². The molecule has 2 aromatic carbocycles. The second kappa shape index (κ2) is 7.38. The molecule has 0 aliphatic rings. The molecule has 3 nitrogen and oxygen atoms in total. The third-order valence-corrected chi connectivity index (χ3v) is 3.92. The van der Waals surface area contributed by atoms with Gasteiger partial charge in [0.05, 0.1) is 7.11 Å². The van der Waals surface area contributed by atoms with Gasteiger partial charge in [0.2, 0.25) is 12.3 Å². The van der Waals surface area contributed by atoms with Crippen LogP contribution in [-0.4, -0.2) is 12.9 Å². The minimum absolute atomic E-state index is 0. The van der Waals surface area contributed by atoms with Gasteiger partial charge in [0.25, 0.3) is 0 Å². The van der Waals surface area contributed by atoms with Crippen LogP contribution in [0.4, 0.5) is 0 Å². The Kier molecular flexibility index (Phi) is 5.50. The highest BCUT2D eigenvalue weighted by molar-refractivity contribution is 5.95. The van der Waals surface area contributed by atoms with Crippen LogP contribution >= 0.6 is 0 Å². The minimum atomic E-state index is 0. The molecule has 0 radical (unpaired) electrons. The van der Waals surface area contributed by atoms with Crippen molar-refractivity contribution in [2.75, 3.05) is 7.11 Å². The van der Waals surface area contributed by atoms with E-state index < -0.39 is 0 Å². The van der Waals surface area contributed by atoms with Crippen molar-refractivity contribution >= 4 is 16.6 Å². The third-order valence-electron chi connectivity index (χ3n) is 3.92. The molecule has 1 heterocycles. The average Bonchev–Trinajstić information content (AvgIpc) is 2.57. The Bertz CT molecular complexity index is 831. The third kappa shape index (κ3) is 3.59. The number of benzene rings is 2. The Hall–Kier alpha value is -2.20. The van der Waals surface area contributed by atoms with Crippen LogP contribution in [0.2, 0.25) is 0 Å². The van der Waals surface area contributed by atoms with Crippen molar-refractivity contribution in [2.45, 2.75) is 13.5 Å². The number of methoxy groups -OCH3 is 1. The predicted molar refractivity (Wildman–Crippen MR) is 86.2 cm³/mol. The molecule has 0 bridgehead atoms. The van der Waals surface area contributed by atoms with Crippen LogP contribution in [0.1, 0.15) is 16.1 Å². The number of hydrogen-bond donors (Lipinski definition) is 0. The Morgan fingerprint density at radius 2 is 1.83 bits per heavy atom. The standard InChI is InChI=1S/C19H18NO2.BrH/c1-14-18-9-8-17(22-2)12-16(18)10-11-20(14)13-19(21)15-6-4-3-5-7-15;/h3-12H,13H2,1-2H3;1H/q+1;/p-1. The second-order valence-electron chi connectivity index (χ2n) is 5.27. The van der Waals surface area contributed by atoms with Crippen LogP contribution in [-0.2, 0) is 6.54 Å². The van der Waals surface area contributed by atoms with E-state index in [4.69, 9.17) is 4.74 Å². The fraction of sp³-hybridized carbons (Fsp3) is 0.158. The number of carbonyl (C=O) groups is 1. The summed E-state index contributed by atoms with van der Waals surface area (Å²) in [5.74, 6) is 0.951. The number of fused-ring (bicyclic) bond motifs is 1. The molecule has 3 aromatic rings. The lowest BCUT2D eigenvalue weighted by molar-refractivity contribution is -0.687. The molecule has 1 aromatic heterocycles. The number of hydrogen-bond acceptors (Lipinski definition) is 2. The summed E-state index contributed by atoms with van der Waals surface area (Å²) in [7, 11) is 1.66. The fourth-order valence-electron chi connectivity index (χ4n) is 2.61. The monoisotopic (exact) mass is 371 g/mol. The molecule has 0 unspecified atom stereocenters. The van der Waals surface area contributed by atoms with Gasteiger partial charge in [-0.2, -0.15) is 4.57 Å². The number of carbonyl (C=O) groups excluding carboxylic acids is 1. The molecule has 0 aliphatic carbocycles. The smallest absolute Gasteiger partial charge is 0.227 e. The highest BCUT2D eigenvalue weighted by atomic mass is 79.9. The van der Waals surface area contributed by atoms with Gasteiger partial charge in [-0.1, -0.05) is 30.3 Å². The van der Waals surface area contributed by atoms with Crippen LogP contribution in [0, 0.1) is 6.92 Å². The molecule has 23 heavy (non-hydrogen) atoms. The number of aromatic nitrogens is 1. The number of rotatable bonds is 4. The molecule has 0 aliphatic heterocycles. The quantitative estimate of drug-likeness (QED) is 0.488. The van der Waals surface area contributed by atoms with Gasteiger partial charge in [0, 0.05) is 23.9 Å². The zero-order chi connectivity index (χ0) is 15.5. The molecule has 0 saturated heterocycles. The number of aryl methyl sites for hydroxylation is 1. The summed E-state index contributed by atoms with van der Waals surface area (Å²) in [4.78, 5) is 12.4. The highest BCUT2D eigenvalue weighted by Crippen LogP contribution is 2.21. The van der Waals surface area contributed by atoms with Crippen molar-refractivity contribution in [1.82, 2.24) is 0 Å². The number of ketones is 1. The van der Waals surface area contributed by atoms with E-state index in [0.29, 0.717) is 6.54 Å². The first-order valence-corrected chi connectivity index (χ1v) is 7.24. The van der Waals surface area contributed by atoms with Crippen molar-refractivity contribution in [3.8, 4) is 5.75 Å². The normalized spacial score (nSPS) is 10.2. The summed E-state index contributed by atoms with van der Waals surface area (Å²) in [5, 5.41) is 2.24. The first-order chi connectivity index (χ1) is 10.7. The van der Waals surface area contributed by atoms with Crippen molar-refractivity contribution in [3.63, 3.8) is 0 Å². The summed E-state index contributed by atoms with van der Waals surface area (Å²) >= 11 is 0. The van der Waals surface area contributed by atoms with Gasteiger partial charge >= 0.3 is 0 Å². The lowest BCUT2D eigenvalue weighted by Gasteiger charge is -2.06. The Balaban J connectivity index is 0.00000192. The molecule has 0 fully saturated rings. The molecular formula is C19H18BrNO2. The summed E-state index contributed by atoms with van der Waals surface area (Å²) in [6.07, 6.45) is 1.96. The molecule has 3 rings (SSSR count). The summed E-state index contributed by atoms with van der Waals surface area (Å²) in [6, 6.07) is 17.4. The van der Waals surface area contributed by atoms with Gasteiger partial charge in [-0.25, -0.2) is 0 Å². The van der Waals surface area contributed by atoms with Gasteiger partial charge < -0.3 is 21.7 Å². The summed E-state index contributed by atoms with van der Waals surface area (Å²) in [6.45, 7) is 2.38. The van der Waals surface area contributed by atoms with Crippen LogP contribution in [0.25, 0.3) is 10.8 Å². The highest BCUT2D eigenvalue weighted by Gasteiger charge is 2.16. The predicted octanol–water partition coefficient (Wildman–Crippen LogP) is 0.331. The summed E-state index contributed by atoms with van der Waals surface area (Å²) in [5.41, 5.74) is 1.81. The van der Waals surface area contributed by atoms with Crippen molar-refractivity contribution in [2.24, 2.45) is 0 Å². The van der Waals surface area contributed by atoms with E-state index in [1.54, 1.807) is 7.11 Å². The lowest BCUT2D eigenvalue weighted by atomic mass is 10.1. The second-order valence-corrected chi connectivity index (χ2v) is 5.27. The maximum Gasteiger partial charge on any atom is 0.227 e. The van der Waals surface area contributed by atoms with E-state index in [0.717, 1.165) is 27.8 Å². The van der Waals surface area contributed by atoms with Crippen LogP contribution < -0.4 is 26.3 Å². The van der Waals surface area contributed by atoms with E-state index in [-0.39, 0.29) is 22.8 Å². The first-order valence-electron chi connectivity index (χ1n) is 7.24. The zero-order valence-electron chi connectivity index (χ0n) is 13.1. The first kappa shape index (κ1) is 17.2. The Morgan fingerprint density at radius 1 is 1.09 bits per heavy atom. The maximum absolute atomic E-state index is 12.4. The van der Waals surface area contributed by atoms with E-state index in [1.807, 2.05) is 72.3 Å². The molecule has 0 spiro atoms. The number of nitrogens with zero attached hydrogens (tertiary/aromatic N) is 1. The molecule has 0 amide bonds. The largest absolute Gasteiger partial charge is 1.00 e. The van der Waals surface area contributed by atoms with Crippen LogP contribution in [0.3, 0.4) is 0 Å². The van der Waals surface area contributed by atoms with Gasteiger partial charge in [-0.3, -0.25) is 4.79 Å². The van der Waals surface area contributed by atoms with Crippen LogP contribution in [0.15, 0.2) is 60.8 Å². The van der Waals surface area contributed by atoms with E-state index in [2.05, 4.69) is 0 Å². The molecule has 118 valence electrons. The summed E-state index contributed by atoms with van der Waals surface area (Å²) < 4.78 is 7.24. The maximum atomic E-state index is 12.4. The van der Waals surface area contributed by atoms with Crippen LogP contribution in [0.5, 0.6) is 5.75 Å². The SMILES string of the molecule is COc1ccc2c(C)[n+](CC(=O)c3ccccc3)ccc2c1.[Br-]. The topological polar surface area (TPSA) is 30.2 Å². The Labute approximate surface area is 146 Å². The fourth-order valence-corrected chi connectivity index (χ4v) is 2.61. The Morgan fingerprint density at radius 3 is 2.52 bits per heavy atom. The molecule has 0 saturated carbocycles. The lowest BCUT2D eigenvalue weighted by Crippen LogP contribution is -3.00. The van der Waals surface area contributed by atoms with Gasteiger partial charge in [0.15, 0.2) is 11.9 Å². The van der Waals surface area contributed by atoms with E-state index in [9.17, 15) is 4.79 Å².